The number of rotatable bonds is 3. The maximum Gasteiger partial charge on any atom is 0.140 e. The van der Waals surface area contributed by atoms with Crippen LogP contribution in [0.2, 0.25) is 0 Å². The number of aliphatic hydroxyl groups excluding tert-OH is 1. The zero-order valence-electron chi connectivity index (χ0n) is 11.7. The van der Waals surface area contributed by atoms with Crippen LogP contribution < -0.4 is 0 Å². The summed E-state index contributed by atoms with van der Waals surface area (Å²) in [5, 5.41) is 9.24. The lowest BCUT2D eigenvalue weighted by molar-refractivity contribution is 0.297. The number of halogens is 1. The van der Waals surface area contributed by atoms with Crippen molar-refractivity contribution in [2.24, 2.45) is 0 Å². The Balaban J connectivity index is 2.15. The molecule has 3 nitrogen and oxygen atoms in total. The van der Waals surface area contributed by atoms with Gasteiger partial charge in [-0.25, -0.2) is 4.98 Å². The summed E-state index contributed by atoms with van der Waals surface area (Å²) in [6.07, 6.45) is 4.17. The minimum atomic E-state index is 0.168. The predicted molar refractivity (Wildman–Crippen MR) is 83.8 cm³/mol. The maximum atomic E-state index is 9.24. The first-order valence-corrected chi connectivity index (χ1v) is 7.95. The van der Waals surface area contributed by atoms with Crippen molar-refractivity contribution in [3.05, 3.63) is 39.6 Å². The minimum absolute atomic E-state index is 0.168. The van der Waals surface area contributed by atoms with Gasteiger partial charge < -0.3 is 9.67 Å². The van der Waals surface area contributed by atoms with Crippen molar-refractivity contribution < 1.29 is 5.11 Å². The summed E-state index contributed by atoms with van der Waals surface area (Å²) in [6.45, 7) is 3.33. The molecule has 0 radical (unpaired) electrons. The molecule has 0 bridgehead atoms. The van der Waals surface area contributed by atoms with Crippen LogP contribution in [-0.4, -0.2) is 21.3 Å². The highest BCUT2D eigenvalue weighted by atomic mass is 79.9. The summed E-state index contributed by atoms with van der Waals surface area (Å²) in [7, 11) is 0. The second-order valence-electron chi connectivity index (χ2n) is 5.37. The Morgan fingerprint density at radius 1 is 1.35 bits per heavy atom. The van der Waals surface area contributed by atoms with E-state index in [1.807, 2.05) is 0 Å². The van der Waals surface area contributed by atoms with E-state index in [9.17, 15) is 5.11 Å². The molecule has 0 saturated carbocycles. The maximum absolute atomic E-state index is 9.24. The number of hydrogen-bond donors (Lipinski definition) is 1. The van der Waals surface area contributed by atoms with E-state index in [-0.39, 0.29) is 6.61 Å². The van der Waals surface area contributed by atoms with Crippen LogP contribution >= 0.6 is 15.9 Å². The molecule has 1 aromatic carbocycles. The smallest absolute Gasteiger partial charge is 0.140 e. The first kappa shape index (κ1) is 13.8. The van der Waals surface area contributed by atoms with Crippen molar-refractivity contribution in [1.82, 2.24) is 9.55 Å². The van der Waals surface area contributed by atoms with Crippen molar-refractivity contribution >= 4 is 15.9 Å². The van der Waals surface area contributed by atoms with E-state index >= 15 is 0 Å². The Morgan fingerprint density at radius 3 is 3.00 bits per heavy atom. The van der Waals surface area contributed by atoms with Gasteiger partial charge in [-0.2, -0.15) is 0 Å². The summed E-state index contributed by atoms with van der Waals surface area (Å²) in [6, 6.07) is 6.32. The quantitative estimate of drug-likeness (QED) is 0.932. The number of aryl methyl sites for hydroxylation is 1. The van der Waals surface area contributed by atoms with Crippen molar-refractivity contribution in [3.8, 4) is 11.4 Å². The fraction of sp³-hybridized carbons (Fsp3) is 0.438. The van der Waals surface area contributed by atoms with Gasteiger partial charge >= 0.3 is 0 Å². The Morgan fingerprint density at radius 2 is 2.20 bits per heavy atom. The molecule has 3 rings (SSSR count). The molecule has 4 heteroatoms. The van der Waals surface area contributed by atoms with Gasteiger partial charge in [0.05, 0.1) is 5.69 Å². The van der Waals surface area contributed by atoms with Crippen molar-refractivity contribution in [2.45, 2.75) is 39.2 Å². The Labute approximate surface area is 127 Å². The summed E-state index contributed by atoms with van der Waals surface area (Å²) in [5.74, 6) is 1.06. The second-order valence-corrected chi connectivity index (χ2v) is 6.29. The standard InChI is InChI=1S/C16H19BrN2O/c1-11-5-6-12(17)10-13(11)16-18-14(7-9-20)15-4-2-3-8-19(15)16/h5-6,10,20H,2-4,7-9H2,1H3. The van der Waals surface area contributed by atoms with Crippen LogP contribution in [0.1, 0.15) is 29.8 Å². The van der Waals surface area contributed by atoms with Crippen LogP contribution in [0.3, 0.4) is 0 Å². The van der Waals surface area contributed by atoms with Gasteiger partial charge in [0.2, 0.25) is 0 Å². The van der Waals surface area contributed by atoms with Crippen molar-refractivity contribution in [1.29, 1.82) is 0 Å². The SMILES string of the molecule is Cc1ccc(Br)cc1-c1nc(CCO)c2n1CCCC2. The van der Waals surface area contributed by atoms with E-state index in [0.717, 1.165) is 29.0 Å². The fourth-order valence-corrected chi connectivity index (χ4v) is 3.33. The molecule has 0 saturated heterocycles. The zero-order chi connectivity index (χ0) is 14.1. The molecule has 1 aromatic heterocycles. The molecular formula is C16H19BrN2O. The number of benzene rings is 1. The predicted octanol–water partition coefficient (Wildman–Crippen LogP) is 3.49. The van der Waals surface area contributed by atoms with E-state index in [1.165, 1.54) is 29.7 Å². The average molecular weight is 335 g/mol. The van der Waals surface area contributed by atoms with Crippen LogP contribution in [-0.2, 0) is 19.4 Å². The number of aromatic nitrogens is 2. The van der Waals surface area contributed by atoms with Gasteiger partial charge in [0.1, 0.15) is 5.82 Å². The van der Waals surface area contributed by atoms with E-state index in [4.69, 9.17) is 4.98 Å². The van der Waals surface area contributed by atoms with Crippen LogP contribution in [0.5, 0.6) is 0 Å². The van der Waals surface area contributed by atoms with E-state index in [0.29, 0.717) is 6.42 Å². The Kier molecular flexibility index (Phi) is 3.94. The first-order chi connectivity index (χ1) is 9.70. The highest BCUT2D eigenvalue weighted by Gasteiger charge is 2.21. The van der Waals surface area contributed by atoms with Crippen LogP contribution in [0.15, 0.2) is 22.7 Å². The van der Waals surface area contributed by atoms with Gasteiger partial charge in [-0.3, -0.25) is 0 Å². The second kappa shape index (κ2) is 5.70. The molecule has 0 spiro atoms. The first-order valence-electron chi connectivity index (χ1n) is 7.16. The zero-order valence-corrected chi connectivity index (χ0v) is 13.3. The Bertz CT molecular complexity index is 634. The lowest BCUT2D eigenvalue weighted by Crippen LogP contribution is -2.12. The lowest BCUT2D eigenvalue weighted by atomic mass is 10.1. The normalized spacial score (nSPS) is 14.3. The van der Waals surface area contributed by atoms with Gasteiger partial charge in [-0.1, -0.05) is 22.0 Å². The van der Waals surface area contributed by atoms with E-state index < -0.39 is 0 Å². The van der Waals surface area contributed by atoms with Gasteiger partial charge in [-0.05, 0) is 43.9 Å². The van der Waals surface area contributed by atoms with Crippen molar-refractivity contribution in [2.75, 3.05) is 6.61 Å². The molecule has 2 heterocycles. The van der Waals surface area contributed by atoms with Crippen LogP contribution in [0.4, 0.5) is 0 Å². The molecule has 1 aliphatic heterocycles. The number of aliphatic hydroxyl groups is 1. The number of imidazole rings is 1. The van der Waals surface area contributed by atoms with Crippen LogP contribution in [0, 0.1) is 6.92 Å². The van der Waals surface area contributed by atoms with E-state index in [1.54, 1.807) is 0 Å². The molecule has 106 valence electrons. The topological polar surface area (TPSA) is 38.1 Å². The molecule has 0 atom stereocenters. The largest absolute Gasteiger partial charge is 0.396 e. The fourth-order valence-electron chi connectivity index (χ4n) is 2.97. The summed E-state index contributed by atoms with van der Waals surface area (Å²) < 4.78 is 3.43. The van der Waals surface area contributed by atoms with Gasteiger partial charge in [0.15, 0.2) is 0 Å². The lowest BCUT2D eigenvalue weighted by Gasteiger charge is -2.18. The molecule has 0 aliphatic carbocycles. The third-order valence-corrected chi connectivity index (χ3v) is 4.48. The molecular weight excluding hydrogens is 316 g/mol. The van der Waals surface area contributed by atoms with Gasteiger partial charge in [0.25, 0.3) is 0 Å². The number of fused-ring (bicyclic) bond motifs is 1. The summed E-state index contributed by atoms with van der Waals surface area (Å²) >= 11 is 3.55. The summed E-state index contributed by atoms with van der Waals surface area (Å²) in [4.78, 5) is 4.84. The average Bonchev–Trinajstić information content (AvgIpc) is 2.81. The van der Waals surface area contributed by atoms with Gasteiger partial charge in [0, 0.05) is 35.3 Å². The third kappa shape index (κ3) is 2.42. The molecule has 20 heavy (non-hydrogen) atoms. The highest BCUT2D eigenvalue weighted by Crippen LogP contribution is 2.31. The molecule has 1 aliphatic rings. The minimum Gasteiger partial charge on any atom is -0.396 e. The highest BCUT2D eigenvalue weighted by molar-refractivity contribution is 9.10. The molecule has 0 unspecified atom stereocenters. The Hall–Kier alpha value is -1.13. The summed E-state index contributed by atoms with van der Waals surface area (Å²) in [5.41, 5.74) is 4.81. The molecule has 0 amide bonds. The van der Waals surface area contributed by atoms with Gasteiger partial charge in [-0.15, -0.1) is 0 Å². The number of hydrogen-bond acceptors (Lipinski definition) is 2. The molecule has 2 aromatic rings. The third-order valence-electron chi connectivity index (χ3n) is 3.99. The molecule has 1 N–H and O–H groups in total. The van der Waals surface area contributed by atoms with Crippen molar-refractivity contribution in [3.63, 3.8) is 0 Å². The van der Waals surface area contributed by atoms with E-state index in [2.05, 4.69) is 45.6 Å². The van der Waals surface area contributed by atoms with Crippen LogP contribution in [0.25, 0.3) is 11.4 Å². The number of nitrogens with zero attached hydrogens (tertiary/aromatic N) is 2. The molecule has 0 fully saturated rings. The monoisotopic (exact) mass is 334 g/mol.